The third-order valence-electron chi connectivity index (χ3n) is 3.76. The number of nitrogens with zero attached hydrogens (tertiary/aromatic N) is 2. The van der Waals surface area contributed by atoms with Crippen LogP contribution in [0.5, 0.6) is 0 Å². The summed E-state index contributed by atoms with van der Waals surface area (Å²) >= 11 is 1.42. The number of fused-ring (bicyclic) bond motifs is 1. The highest BCUT2D eigenvalue weighted by Crippen LogP contribution is 2.24. The van der Waals surface area contributed by atoms with E-state index in [0.717, 1.165) is 22.7 Å². The van der Waals surface area contributed by atoms with Gasteiger partial charge in [0.15, 0.2) is 5.16 Å². The molecule has 0 spiro atoms. The molecule has 0 bridgehead atoms. The van der Waals surface area contributed by atoms with Gasteiger partial charge in [-0.2, -0.15) is 0 Å². The van der Waals surface area contributed by atoms with E-state index in [0.29, 0.717) is 11.4 Å². The lowest BCUT2D eigenvalue weighted by atomic mass is 10.3. The van der Waals surface area contributed by atoms with Crippen molar-refractivity contribution < 1.29 is 9.59 Å². The van der Waals surface area contributed by atoms with Crippen molar-refractivity contribution in [3.05, 3.63) is 48.5 Å². The van der Waals surface area contributed by atoms with Crippen LogP contribution in [0.25, 0.3) is 11.0 Å². The Balaban J connectivity index is 1.61. The SMILES string of the molecule is CCn1c(SCC(=O)Nc2ccc(NC(C)=O)cc2)nc2ccccc21. The maximum Gasteiger partial charge on any atom is 0.234 e. The number of para-hydroxylation sites is 2. The summed E-state index contributed by atoms with van der Waals surface area (Å²) in [5.74, 6) is 0.0468. The van der Waals surface area contributed by atoms with Crippen molar-refractivity contribution in [3.63, 3.8) is 0 Å². The molecule has 2 amide bonds. The molecule has 1 heterocycles. The summed E-state index contributed by atoms with van der Waals surface area (Å²) < 4.78 is 2.11. The van der Waals surface area contributed by atoms with Crippen LogP contribution in [0.4, 0.5) is 11.4 Å². The molecule has 1 aromatic heterocycles. The molecule has 2 aromatic carbocycles. The third kappa shape index (κ3) is 4.23. The van der Waals surface area contributed by atoms with Gasteiger partial charge in [0.05, 0.1) is 16.8 Å². The lowest BCUT2D eigenvalue weighted by Gasteiger charge is -2.08. The van der Waals surface area contributed by atoms with Gasteiger partial charge in [0.2, 0.25) is 11.8 Å². The first-order chi connectivity index (χ1) is 12.6. The summed E-state index contributed by atoms with van der Waals surface area (Å²) in [6.45, 7) is 4.32. The summed E-state index contributed by atoms with van der Waals surface area (Å²) in [4.78, 5) is 27.9. The zero-order valence-corrected chi connectivity index (χ0v) is 15.5. The van der Waals surface area contributed by atoms with Crippen molar-refractivity contribution in [1.82, 2.24) is 9.55 Å². The Morgan fingerprint density at radius 1 is 1.04 bits per heavy atom. The molecule has 0 saturated heterocycles. The van der Waals surface area contributed by atoms with Crippen molar-refractivity contribution in [3.8, 4) is 0 Å². The monoisotopic (exact) mass is 368 g/mol. The molecule has 0 radical (unpaired) electrons. The zero-order chi connectivity index (χ0) is 18.5. The Labute approximate surface area is 156 Å². The average Bonchev–Trinajstić information content (AvgIpc) is 2.98. The number of benzene rings is 2. The Bertz CT molecular complexity index is 934. The van der Waals surface area contributed by atoms with E-state index in [9.17, 15) is 9.59 Å². The van der Waals surface area contributed by atoms with Gasteiger partial charge in [0.25, 0.3) is 0 Å². The van der Waals surface area contributed by atoms with E-state index in [1.165, 1.54) is 18.7 Å². The standard InChI is InChI=1S/C19H20N4O2S/c1-3-23-17-7-5-4-6-16(17)22-19(23)26-12-18(25)21-15-10-8-14(9-11-15)20-13(2)24/h4-11H,3,12H2,1-2H3,(H,20,24)(H,21,25). The van der Waals surface area contributed by atoms with Crippen LogP contribution in [0.2, 0.25) is 0 Å². The quantitative estimate of drug-likeness (QED) is 0.650. The minimum Gasteiger partial charge on any atom is -0.326 e. The third-order valence-corrected chi connectivity index (χ3v) is 4.73. The fraction of sp³-hybridized carbons (Fsp3) is 0.211. The second-order valence-corrected chi connectivity index (χ2v) is 6.67. The van der Waals surface area contributed by atoms with Crippen LogP contribution in [-0.4, -0.2) is 27.1 Å². The molecule has 26 heavy (non-hydrogen) atoms. The number of carbonyl (C=O) groups is 2. The van der Waals surface area contributed by atoms with E-state index in [2.05, 4.69) is 27.1 Å². The number of hydrogen-bond donors (Lipinski definition) is 2. The molecule has 0 aliphatic carbocycles. The largest absolute Gasteiger partial charge is 0.326 e. The molecule has 0 aliphatic rings. The van der Waals surface area contributed by atoms with Crippen molar-refractivity contribution in [2.45, 2.75) is 25.5 Å². The van der Waals surface area contributed by atoms with Crippen molar-refractivity contribution >= 4 is 46.0 Å². The first kappa shape index (κ1) is 18.0. The summed E-state index contributed by atoms with van der Waals surface area (Å²) in [6, 6.07) is 15.0. The molecule has 6 nitrogen and oxygen atoms in total. The Morgan fingerprint density at radius 2 is 1.69 bits per heavy atom. The molecular weight excluding hydrogens is 348 g/mol. The number of carbonyl (C=O) groups excluding carboxylic acids is 2. The van der Waals surface area contributed by atoms with Crippen LogP contribution in [0.1, 0.15) is 13.8 Å². The Hall–Kier alpha value is -2.80. The zero-order valence-electron chi connectivity index (χ0n) is 14.7. The number of anilines is 2. The topological polar surface area (TPSA) is 76.0 Å². The van der Waals surface area contributed by atoms with Crippen LogP contribution >= 0.6 is 11.8 Å². The fourth-order valence-electron chi connectivity index (χ4n) is 2.64. The number of imidazole rings is 1. The van der Waals surface area contributed by atoms with E-state index >= 15 is 0 Å². The summed E-state index contributed by atoms with van der Waals surface area (Å²) in [5, 5.41) is 6.38. The number of aromatic nitrogens is 2. The Kier molecular flexibility index (Phi) is 5.58. The molecule has 0 fully saturated rings. The summed E-state index contributed by atoms with van der Waals surface area (Å²) in [7, 11) is 0. The van der Waals surface area contributed by atoms with Crippen LogP contribution in [0.3, 0.4) is 0 Å². The maximum absolute atomic E-state index is 12.2. The minimum atomic E-state index is -0.128. The van der Waals surface area contributed by atoms with Gasteiger partial charge in [-0.15, -0.1) is 0 Å². The van der Waals surface area contributed by atoms with E-state index in [-0.39, 0.29) is 17.6 Å². The molecule has 3 rings (SSSR count). The molecule has 0 unspecified atom stereocenters. The van der Waals surface area contributed by atoms with Crippen molar-refractivity contribution in [2.75, 3.05) is 16.4 Å². The number of amides is 2. The highest BCUT2D eigenvalue weighted by Gasteiger charge is 2.12. The van der Waals surface area contributed by atoms with Crippen LogP contribution in [0, 0.1) is 0 Å². The minimum absolute atomic E-state index is 0.100. The molecule has 0 saturated carbocycles. The normalized spacial score (nSPS) is 10.7. The first-order valence-electron chi connectivity index (χ1n) is 8.32. The number of aryl methyl sites for hydroxylation is 1. The van der Waals surface area contributed by atoms with Gasteiger partial charge in [0, 0.05) is 24.8 Å². The number of thioether (sulfide) groups is 1. The molecule has 0 aliphatic heterocycles. The van der Waals surface area contributed by atoms with Gasteiger partial charge in [-0.1, -0.05) is 23.9 Å². The summed E-state index contributed by atoms with van der Waals surface area (Å²) in [6.07, 6.45) is 0. The van der Waals surface area contributed by atoms with Gasteiger partial charge >= 0.3 is 0 Å². The lowest BCUT2D eigenvalue weighted by Crippen LogP contribution is -2.14. The smallest absolute Gasteiger partial charge is 0.234 e. The van der Waals surface area contributed by atoms with Gasteiger partial charge in [-0.3, -0.25) is 9.59 Å². The number of hydrogen-bond acceptors (Lipinski definition) is 4. The van der Waals surface area contributed by atoms with Gasteiger partial charge in [0.1, 0.15) is 0 Å². The predicted molar refractivity (Wildman–Crippen MR) is 106 cm³/mol. The second-order valence-electron chi connectivity index (χ2n) is 5.72. The molecule has 7 heteroatoms. The second kappa shape index (κ2) is 8.05. The lowest BCUT2D eigenvalue weighted by molar-refractivity contribution is -0.114. The molecular formula is C19H20N4O2S. The van der Waals surface area contributed by atoms with E-state index < -0.39 is 0 Å². The molecule has 134 valence electrons. The van der Waals surface area contributed by atoms with E-state index in [4.69, 9.17) is 0 Å². The van der Waals surface area contributed by atoms with Crippen molar-refractivity contribution in [1.29, 1.82) is 0 Å². The Morgan fingerprint density at radius 3 is 2.35 bits per heavy atom. The summed E-state index contributed by atoms with van der Waals surface area (Å²) in [5.41, 5.74) is 3.40. The molecule has 3 aromatic rings. The molecule has 2 N–H and O–H groups in total. The number of rotatable bonds is 6. The highest BCUT2D eigenvalue weighted by atomic mass is 32.2. The maximum atomic E-state index is 12.2. The predicted octanol–water partition coefficient (Wildman–Crippen LogP) is 3.75. The van der Waals surface area contributed by atoms with Crippen LogP contribution in [0.15, 0.2) is 53.7 Å². The van der Waals surface area contributed by atoms with Crippen LogP contribution < -0.4 is 10.6 Å². The van der Waals surface area contributed by atoms with Gasteiger partial charge in [-0.25, -0.2) is 4.98 Å². The van der Waals surface area contributed by atoms with E-state index in [1.807, 2.05) is 24.3 Å². The van der Waals surface area contributed by atoms with Gasteiger partial charge in [-0.05, 0) is 43.3 Å². The number of nitrogens with one attached hydrogen (secondary N) is 2. The van der Waals surface area contributed by atoms with E-state index in [1.54, 1.807) is 24.3 Å². The first-order valence-corrected chi connectivity index (χ1v) is 9.31. The molecule has 0 atom stereocenters. The van der Waals surface area contributed by atoms with Gasteiger partial charge < -0.3 is 15.2 Å². The van der Waals surface area contributed by atoms with Crippen LogP contribution in [-0.2, 0) is 16.1 Å². The average molecular weight is 368 g/mol. The highest BCUT2D eigenvalue weighted by molar-refractivity contribution is 7.99. The fourth-order valence-corrected chi connectivity index (χ4v) is 3.52. The van der Waals surface area contributed by atoms with Crippen molar-refractivity contribution in [2.24, 2.45) is 0 Å².